The van der Waals surface area contributed by atoms with Crippen LogP contribution in [0.3, 0.4) is 0 Å². The predicted octanol–water partition coefficient (Wildman–Crippen LogP) is 2.74. The Morgan fingerprint density at radius 2 is 1.81 bits per heavy atom. The van der Waals surface area contributed by atoms with Crippen LogP contribution in [0.4, 0.5) is 0 Å². The second kappa shape index (κ2) is 7.93. The van der Waals surface area contributed by atoms with E-state index < -0.39 is 0 Å². The molecule has 2 aromatic carbocycles. The number of imidazole rings is 1. The summed E-state index contributed by atoms with van der Waals surface area (Å²) >= 11 is 0. The van der Waals surface area contributed by atoms with Crippen molar-refractivity contribution in [3.8, 4) is 0 Å². The summed E-state index contributed by atoms with van der Waals surface area (Å²) in [4.78, 5) is 29.2. The average Bonchev–Trinajstić information content (AvgIpc) is 3.01. The van der Waals surface area contributed by atoms with Crippen molar-refractivity contribution in [2.24, 2.45) is 0 Å². The number of fused-ring (bicyclic) bond motifs is 1. The lowest BCUT2D eigenvalue weighted by Crippen LogP contribution is -2.31. The van der Waals surface area contributed by atoms with E-state index in [1.807, 2.05) is 54.0 Å². The van der Waals surface area contributed by atoms with Crippen LogP contribution < -0.4 is 5.32 Å². The molecule has 0 saturated heterocycles. The smallest absolute Gasteiger partial charge is 0.246 e. The lowest BCUT2D eigenvalue weighted by Gasteiger charge is -2.16. The van der Waals surface area contributed by atoms with Gasteiger partial charge in [-0.3, -0.25) is 9.59 Å². The zero-order valence-corrected chi connectivity index (χ0v) is 14.8. The topological polar surface area (TPSA) is 73.2 Å². The summed E-state index contributed by atoms with van der Waals surface area (Å²) in [5.74, 6) is 0.401. The van der Waals surface area contributed by atoms with Crippen molar-refractivity contribution in [3.05, 3.63) is 66.0 Å². The maximum absolute atomic E-state index is 12.7. The fourth-order valence-corrected chi connectivity index (χ4v) is 2.93. The van der Waals surface area contributed by atoms with E-state index in [9.17, 15) is 9.59 Å². The number of aromatic nitrogens is 2. The van der Waals surface area contributed by atoms with Crippen molar-refractivity contribution in [2.45, 2.75) is 19.5 Å². The molecule has 0 aliphatic rings. The van der Waals surface area contributed by atoms with E-state index in [1.165, 1.54) is 7.11 Å². The molecule has 1 N–H and O–H groups in total. The van der Waals surface area contributed by atoms with Gasteiger partial charge in [0, 0.05) is 12.7 Å². The summed E-state index contributed by atoms with van der Waals surface area (Å²) in [5, 5.41) is 2.85. The number of hydrogen-bond acceptors (Lipinski definition) is 4. The molecule has 0 spiro atoms. The highest BCUT2D eigenvalue weighted by atomic mass is 16.5. The molecule has 1 amide bonds. The van der Waals surface area contributed by atoms with Gasteiger partial charge in [0.05, 0.1) is 23.6 Å². The lowest BCUT2D eigenvalue weighted by molar-refractivity contribution is -0.125. The van der Waals surface area contributed by atoms with Crippen LogP contribution in [-0.4, -0.2) is 35.0 Å². The van der Waals surface area contributed by atoms with Crippen molar-refractivity contribution < 1.29 is 14.3 Å². The van der Waals surface area contributed by atoms with Crippen molar-refractivity contribution in [1.82, 2.24) is 14.9 Å². The molecule has 1 aromatic heterocycles. The minimum Gasteiger partial charge on any atom is -0.375 e. The predicted molar refractivity (Wildman–Crippen MR) is 98.9 cm³/mol. The average molecular weight is 351 g/mol. The largest absolute Gasteiger partial charge is 0.375 e. The molecule has 0 radical (unpaired) electrons. The Bertz CT molecular complexity index is 918. The third kappa shape index (κ3) is 3.81. The minimum absolute atomic E-state index is 0.00887. The maximum atomic E-state index is 12.7. The Morgan fingerprint density at radius 3 is 2.54 bits per heavy atom. The molecule has 3 aromatic rings. The minimum atomic E-state index is -0.353. The molecule has 6 heteroatoms. The third-order valence-corrected chi connectivity index (χ3v) is 4.12. The van der Waals surface area contributed by atoms with E-state index in [0.29, 0.717) is 11.4 Å². The highest BCUT2D eigenvalue weighted by molar-refractivity contribution is 5.96. The Morgan fingerprint density at radius 1 is 1.12 bits per heavy atom. The first-order chi connectivity index (χ1) is 12.6. The summed E-state index contributed by atoms with van der Waals surface area (Å²) in [5.41, 5.74) is 2.29. The molecule has 1 unspecified atom stereocenters. The number of carbonyl (C=O) groups excluding carboxylic acids is 2. The quantitative estimate of drug-likeness (QED) is 0.664. The van der Waals surface area contributed by atoms with Crippen LogP contribution in [0.1, 0.15) is 29.1 Å². The summed E-state index contributed by atoms with van der Waals surface area (Å²) in [6.07, 6.45) is 0. The van der Waals surface area contributed by atoms with Crippen LogP contribution in [0, 0.1) is 0 Å². The molecule has 0 aliphatic heterocycles. The Labute approximate surface area is 151 Å². The molecule has 0 fully saturated rings. The number of hydrogen-bond donors (Lipinski definition) is 1. The normalized spacial score (nSPS) is 12.1. The number of Topliss-reactive ketones (excluding diaryl/α,β-unsaturated/α-hetero) is 1. The molecule has 26 heavy (non-hydrogen) atoms. The second-order valence-electron chi connectivity index (χ2n) is 6.06. The molecular weight excluding hydrogens is 330 g/mol. The molecule has 134 valence electrons. The van der Waals surface area contributed by atoms with Gasteiger partial charge in [-0.2, -0.15) is 0 Å². The fourth-order valence-electron chi connectivity index (χ4n) is 2.93. The van der Waals surface area contributed by atoms with Gasteiger partial charge in [0.15, 0.2) is 5.78 Å². The number of benzene rings is 2. The Balaban J connectivity index is 1.94. The first-order valence-electron chi connectivity index (χ1n) is 8.42. The van der Waals surface area contributed by atoms with E-state index in [1.54, 1.807) is 12.1 Å². The van der Waals surface area contributed by atoms with Gasteiger partial charge in [0.25, 0.3) is 0 Å². The van der Waals surface area contributed by atoms with Crippen molar-refractivity contribution in [2.75, 3.05) is 13.7 Å². The number of ketones is 1. The second-order valence-corrected chi connectivity index (χ2v) is 6.06. The van der Waals surface area contributed by atoms with E-state index in [-0.39, 0.29) is 30.9 Å². The molecule has 1 heterocycles. The first-order valence-corrected chi connectivity index (χ1v) is 8.42. The number of carbonyl (C=O) groups is 2. The highest BCUT2D eigenvalue weighted by Gasteiger charge is 2.20. The zero-order chi connectivity index (χ0) is 18.5. The van der Waals surface area contributed by atoms with E-state index in [4.69, 9.17) is 4.74 Å². The summed E-state index contributed by atoms with van der Waals surface area (Å²) < 4.78 is 6.72. The first kappa shape index (κ1) is 17.8. The number of nitrogens with zero attached hydrogens (tertiary/aromatic N) is 2. The SMILES string of the molecule is COCC(=O)NC(C)c1nc2ccccc2n1CC(=O)c1ccccc1. The number of nitrogens with one attached hydrogen (secondary N) is 1. The van der Waals surface area contributed by atoms with Gasteiger partial charge in [-0.15, -0.1) is 0 Å². The van der Waals surface area contributed by atoms with E-state index in [2.05, 4.69) is 10.3 Å². The van der Waals surface area contributed by atoms with Crippen molar-refractivity contribution in [3.63, 3.8) is 0 Å². The summed E-state index contributed by atoms with van der Waals surface area (Å²) in [7, 11) is 1.47. The van der Waals surface area contributed by atoms with Gasteiger partial charge in [-0.05, 0) is 19.1 Å². The fraction of sp³-hybridized carbons (Fsp3) is 0.250. The monoisotopic (exact) mass is 351 g/mol. The molecule has 1 atom stereocenters. The van der Waals surface area contributed by atoms with Gasteiger partial charge < -0.3 is 14.6 Å². The van der Waals surface area contributed by atoms with Gasteiger partial charge in [0.2, 0.25) is 5.91 Å². The number of para-hydroxylation sites is 2. The molecular formula is C20H21N3O3. The van der Waals surface area contributed by atoms with Crippen LogP contribution in [0.2, 0.25) is 0 Å². The summed E-state index contributed by atoms with van der Waals surface area (Å²) in [6, 6.07) is 16.4. The van der Waals surface area contributed by atoms with E-state index in [0.717, 1.165) is 11.0 Å². The highest BCUT2D eigenvalue weighted by Crippen LogP contribution is 2.21. The molecule has 0 bridgehead atoms. The number of ether oxygens (including phenoxy) is 1. The molecule has 6 nitrogen and oxygen atoms in total. The standard InChI is InChI=1S/C20H21N3O3/c1-14(21-19(25)13-26-2)20-22-16-10-6-7-11-17(16)23(20)12-18(24)15-8-4-3-5-9-15/h3-11,14H,12-13H2,1-2H3,(H,21,25). The van der Waals surface area contributed by atoms with Gasteiger partial charge in [-0.1, -0.05) is 42.5 Å². The van der Waals surface area contributed by atoms with Crippen LogP contribution in [0.25, 0.3) is 11.0 Å². The van der Waals surface area contributed by atoms with Crippen LogP contribution in [0.5, 0.6) is 0 Å². The number of amides is 1. The Kier molecular flexibility index (Phi) is 5.43. The van der Waals surface area contributed by atoms with Crippen LogP contribution in [-0.2, 0) is 16.1 Å². The van der Waals surface area contributed by atoms with Gasteiger partial charge >= 0.3 is 0 Å². The maximum Gasteiger partial charge on any atom is 0.246 e. The molecule has 0 aliphatic carbocycles. The van der Waals surface area contributed by atoms with Crippen LogP contribution in [0.15, 0.2) is 54.6 Å². The number of rotatable bonds is 7. The number of methoxy groups -OCH3 is 1. The van der Waals surface area contributed by atoms with Crippen LogP contribution >= 0.6 is 0 Å². The van der Waals surface area contributed by atoms with Crippen molar-refractivity contribution in [1.29, 1.82) is 0 Å². The lowest BCUT2D eigenvalue weighted by atomic mass is 10.1. The zero-order valence-electron chi connectivity index (χ0n) is 14.8. The molecule has 3 rings (SSSR count). The summed E-state index contributed by atoms with van der Waals surface area (Å²) in [6.45, 7) is 1.98. The Hall–Kier alpha value is -2.99. The van der Waals surface area contributed by atoms with E-state index >= 15 is 0 Å². The van der Waals surface area contributed by atoms with Crippen molar-refractivity contribution >= 4 is 22.7 Å². The van der Waals surface area contributed by atoms with Gasteiger partial charge in [0.1, 0.15) is 12.4 Å². The third-order valence-electron chi connectivity index (χ3n) is 4.12. The van der Waals surface area contributed by atoms with Gasteiger partial charge in [-0.25, -0.2) is 4.98 Å². The molecule has 0 saturated carbocycles.